The van der Waals surface area contributed by atoms with Gasteiger partial charge in [-0.3, -0.25) is 10.1 Å². The van der Waals surface area contributed by atoms with E-state index in [0.29, 0.717) is 0 Å². The summed E-state index contributed by atoms with van der Waals surface area (Å²) in [6.07, 6.45) is 1.96. The maximum absolute atomic E-state index is 11.2. The highest BCUT2D eigenvalue weighted by atomic mass is 79.9. The number of nitrogens with zero attached hydrogens (tertiary/aromatic N) is 2. The maximum Gasteiger partial charge on any atom is 0.216 e. The molecule has 2 heterocycles. The van der Waals surface area contributed by atoms with Crippen molar-refractivity contribution in [3.63, 3.8) is 0 Å². The molecule has 0 bridgehead atoms. The number of rotatable bonds is 4. The molecule has 4 nitrogen and oxygen atoms in total. The zero-order valence-corrected chi connectivity index (χ0v) is 13.7. The molecule has 2 aromatic heterocycles. The zero-order valence-electron chi connectivity index (χ0n) is 12.1. The molecule has 0 radical (unpaired) electrons. The first-order valence-corrected chi connectivity index (χ1v) is 7.79. The summed E-state index contributed by atoms with van der Waals surface area (Å²) in [6, 6.07) is 15.7. The number of halogens is 1. The van der Waals surface area contributed by atoms with Crippen molar-refractivity contribution in [3.8, 4) is 0 Å². The van der Waals surface area contributed by atoms with Gasteiger partial charge in [-0.25, -0.2) is 0 Å². The van der Waals surface area contributed by atoms with Gasteiger partial charge in [0, 0.05) is 26.8 Å². The molecule has 22 heavy (non-hydrogen) atoms. The van der Waals surface area contributed by atoms with Crippen LogP contribution in [0.25, 0.3) is 5.52 Å². The van der Waals surface area contributed by atoms with Crippen LogP contribution in [0.4, 0.5) is 0 Å². The van der Waals surface area contributed by atoms with E-state index >= 15 is 0 Å². The van der Waals surface area contributed by atoms with E-state index in [4.69, 9.17) is 0 Å². The van der Waals surface area contributed by atoms with Crippen LogP contribution in [0.2, 0.25) is 0 Å². The lowest BCUT2D eigenvalue weighted by Gasteiger charge is -2.15. The lowest BCUT2D eigenvalue weighted by atomic mass is 9.93. The van der Waals surface area contributed by atoms with Gasteiger partial charge in [0.2, 0.25) is 6.54 Å². The molecule has 0 N–H and O–H groups in total. The second kappa shape index (κ2) is 5.93. The number of hydrogen-bond acceptors (Lipinski definition) is 2. The normalized spacial score (nSPS) is 12.5. The van der Waals surface area contributed by atoms with Crippen LogP contribution < -0.4 is 0 Å². The Hall–Kier alpha value is -2.14. The van der Waals surface area contributed by atoms with Crippen molar-refractivity contribution in [2.75, 3.05) is 6.54 Å². The molecule has 0 unspecified atom stereocenters. The van der Waals surface area contributed by atoms with E-state index < -0.39 is 0 Å². The van der Waals surface area contributed by atoms with E-state index in [1.807, 2.05) is 60.0 Å². The third kappa shape index (κ3) is 2.76. The van der Waals surface area contributed by atoms with Gasteiger partial charge in [0.05, 0.1) is 5.92 Å². The standard InChI is InChI=1S/C17H15BrN2O2/c1-12-10-15-4-2-3-9-19(15)17(12)16(11-20(21)22)13-5-7-14(18)8-6-13/h2-10,16H,11H2,1H3/t16-/m0/s1. The van der Waals surface area contributed by atoms with Crippen molar-refractivity contribution in [1.29, 1.82) is 0 Å². The van der Waals surface area contributed by atoms with Crippen LogP contribution in [0, 0.1) is 17.0 Å². The van der Waals surface area contributed by atoms with Crippen molar-refractivity contribution in [3.05, 3.63) is 86.1 Å². The average molecular weight is 359 g/mol. The molecule has 5 heteroatoms. The van der Waals surface area contributed by atoms with Crippen molar-refractivity contribution in [2.45, 2.75) is 12.8 Å². The monoisotopic (exact) mass is 358 g/mol. The molecule has 0 fully saturated rings. The molecule has 0 aliphatic carbocycles. The largest absolute Gasteiger partial charge is 0.320 e. The van der Waals surface area contributed by atoms with Crippen LogP contribution in [0.15, 0.2) is 59.2 Å². The van der Waals surface area contributed by atoms with E-state index in [1.165, 1.54) is 0 Å². The summed E-state index contributed by atoms with van der Waals surface area (Å²) in [5.74, 6) is -0.270. The lowest BCUT2D eigenvalue weighted by molar-refractivity contribution is -0.482. The van der Waals surface area contributed by atoms with Crippen LogP contribution >= 0.6 is 15.9 Å². The van der Waals surface area contributed by atoms with Crippen LogP contribution in [0.3, 0.4) is 0 Å². The molecule has 0 saturated heterocycles. The first kappa shape index (κ1) is 14.8. The quantitative estimate of drug-likeness (QED) is 0.511. The first-order chi connectivity index (χ1) is 10.6. The Morgan fingerprint density at radius 2 is 1.95 bits per heavy atom. The zero-order chi connectivity index (χ0) is 15.7. The minimum absolute atomic E-state index is 0.122. The number of aryl methyl sites for hydroxylation is 1. The van der Waals surface area contributed by atoms with Crippen LogP contribution in [0.1, 0.15) is 22.7 Å². The fourth-order valence-electron chi connectivity index (χ4n) is 2.92. The SMILES string of the molecule is Cc1cc2ccccn2c1[C@@H](C[N+](=O)[O-])c1ccc(Br)cc1. The summed E-state index contributed by atoms with van der Waals surface area (Å²) in [5.41, 5.74) is 4.06. The third-order valence-corrected chi connectivity index (χ3v) is 4.38. The Labute approximate surface area is 136 Å². The highest BCUT2D eigenvalue weighted by Crippen LogP contribution is 2.30. The average Bonchev–Trinajstić information content (AvgIpc) is 2.81. The molecule has 0 saturated carbocycles. The van der Waals surface area contributed by atoms with Crippen molar-refractivity contribution >= 4 is 21.4 Å². The van der Waals surface area contributed by atoms with Crippen molar-refractivity contribution < 1.29 is 4.92 Å². The highest BCUT2D eigenvalue weighted by molar-refractivity contribution is 9.10. The van der Waals surface area contributed by atoms with Crippen molar-refractivity contribution in [2.24, 2.45) is 0 Å². The summed E-state index contributed by atoms with van der Waals surface area (Å²) in [7, 11) is 0. The lowest BCUT2D eigenvalue weighted by Crippen LogP contribution is -2.16. The molecule has 1 atom stereocenters. The summed E-state index contributed by atoms with van der Waals surface area (Å²) in [4.78, 5) is 10.9. The summed E-state index contributed by atoms with van der Waals surface area (Å²) in [5, 5.41) is 11.2. The summed E-state index contributed by atoms with van der Waals surface area (Å²) < 4.78 is 3.01. The first-order valence-electron chi connectivity index (χ1n) is 7.00. The summed E-state index contributed by atoms with van der Waals surface area (Å²) in [6.45, 7) is 1.89. The van der Waals surface area contributed by atoms with Gasteiger partial charge in [0.25, 0.3) is 0 Å². The van der Waals surface area contributed by atoms with Gasteiger partial charge in [0.1, 0.15) is 0 Å². The van der Waals surface area contributed by atoms with Crippen LogP contribution in [-0.4, -0.2) is 15.9 Å². The molecule has 0 aliphatic rings. The van der Waals surface area contributed by atoms with Gasteiger partial charge in [-0.15, -0.1) is 0 Å². The molecular weight excluding hydrogens is 344 g/mol. The molecule has 3 rings (SSSR count). The number of aromatic nitrogens is 1. The number of nitro groups is 1. The molecule has 1 aromatic carbocycles. The Morgan fingerprint density at radius 3 is 2.64 bits per heavy atom. The minimum Gasteiger partial charge on any atom is -0.320 e. The minimum atomic E-state index is -0.270. The summed E-state index contributed by atoms with van der Waals surface area (Å²) >= 11 is 3.41. The van der Waals surface area contributed by atoms with Gasteiger partial charge in [0.15, 0.2) is 0 Å². The maximum atomic E-state index is 11.2. The second-order valence-corrected chi connectivity index (χ2v) is 6.24. The van der Waals surface area contributed by atoms with E-state index in [1.54, 1.807) is 0 Å². The molecule has 0 amide bonds. The van der Waals surface area contributed by atoms with Gasteiger partial charge in [-0.1, -0.05) is 34.1 Å². The number of benzene rings is 1. The van der Waals surface area contributed by atoms with Gasteiger partial charge in [-0.05, 0) is 48.4 Å². The molecule has 3 aromatic rings. The molecule has 0 aliphatic heterocycles. The van der Waals surface area contributed by atoms with E-state index in [9.17, 15) is 10.1 Å². The van der Waals surface area contributed by atoms with Gasteiger partial charge >= 0.3 is 0 Å². The molecule has 112 valence electrons. The van der Waals surface area contributed by atoms with Crippen LogP contribution in [0.5, 0.6) is 0 Å². The number of hydrogen-bond donors (Lipinski definition) is 0. The third-order valence-electron chi connectivity index (χ3n) is 3.85. The van der Waals surface area contributed by atoms with Crippen LogP contribution in [-0.2, 0) is 0 Å². The molecular formula is C17H15BrN2O2. The predicted octanol–water partition coefficient (Wildman–Crippen LogP) is 4.42. The number of fused-ring (bicyclic) bond motifs is 1. The van der Waals surface area contributed by atoms with Gasteiger partial charge in [-0.2, -0.15) is 0 Å². The Balaban J connectivity index is 2.17. The molecule has 0 spiro atoms. The van der Waals surface area contributed by atoms with Crippen molar-refractivity contribution in [1.82, 2.24) is 4.40 Å². The number of pyridine rings is 1. The Kier molecular flexibility index (Phi) is 3.98. The smallest absolute Gasteiger partial charge is 0.216 e. The van der Waals surface area contributed by atoms with Gasteiger partial charge < -0.3 is 4.40 Å². The van der Waals surface area contributed by atoms with E-state index in [0.717, 1.165) is 26.8 Å². The van der Waals surface area contributed by atoms with E-state index in [-0.39, 0.29) is 17.4 Å². The van der Waals surface area contributed by atoms with E-state index in [2.05, 4.69) is 22.0 Å². The topological polar surface area (TPSA) is 47.5 Å². The highest BCUT2D eigenvalue weighted by Gasteiger charge is 2.25. The Morgan fingerprint density at radius 1 is 1.23 bits per heavy atom. The second-order valence-electron chi connectivity index (χ2n) is 5.33. The Bertz CT molecular complexity index is 824. The predicted molar refractivity (Wildman–Crippen MR) is 90.0 cm³/mol. The fourth-order valence-corrected chi connectivity index (χ4v) is 3.18. The fraction of sp³-hybridized carbons (Fsp3) is 0.176.